The summed E-state index contributed by atoms with van der Waals surface area (Å²) in [6, 6.07) is 5.74. The number of rotatable bonds is 5. The molecule has 2 aromatic rings. The predicted molar refractivity (Wildman–Crippen MR) is 79.6 cm³/mol. The third kappa shape index (κ3) is 3.77. The summed E-state index contributed by atoms with van der Waals surface area (Å²) in [7, 11) is 1.77. The SMILES string of the molecule is CC(c1ccncn1)N(C)C(=O)NCCc1cccs1. The molecule has 1 unspecified atom stereocenters. The molecule has 0 saturated heterocycles. The van der Waals surface area contributed by atoms with Crippen molar-refractivity contribution in [3.8, 4) is 0 Å². The Labute approximate surface area is 122 Å². The van der Waals surface area contributed by atoms with Crippen LogP contribution in [0.2, 0.25) is 0 Å². The number of carbonyl (C=O) groups is 1. The monoisotopic (exact) mass is 290 g/mol. The van der Waals surface area contributed by atoms with Crippen molar-refractivity contribution in [3.05, 3.63) is 46.7 Å². The zero-order valence-electron chi connectivity index (χ0n) is 11.6. The van der Waals surface area contributed by atoms with Crippen LogP contribution in [-0.2, 0) is 6.42 Å². The Bertz CT molecular complexity index is 529. The van der Waals surface area contributed by atoms with Gasteiger partial charge in [-0.15, -0.1) is 11.3 Å². The van der Waals surface area contributed by atoms with Gasteiger partial charge in [-0.2, -0.15) is 0 Å². The van der Waals surface area contributed by atoms with Gasteiger partial charge in [-0.05, 0) is 30.9 Å². The van der Waals surface area contributed by atoms with Gasteiger partial charge < -0.3 is 10.2 Å². The molecule has 2 heterocycles. The number of urea groups is 1. The highest BCUT2D eigenvalue weighted by Crippen LogP contribution is 2.15. The molecule has 0 aliphatic carbocycles. The van der Waals surface area contributed by atoms with E-state index in [4.69, 9.17) is 0 Å². The molecule has 0 spiro atoms. The van der Waals surface area contributed by atoms with Crippen molar-refractivity contribution in [3.63, 3.8) is 0 Å². The number of aromatic nitrogens is 2. The average molecular weight is 290 g/mol. The minimum absolute atomic E-state index is 0.0836. The summed E-state index contributed by atoms with van der Waals surface area (Å²) in [6.45, 7) is 2.58. The number of hydrogen-bond donors (Lipinski definition) is 1. The van der Waals surface area contributed by atoms with E-state index < -0.39 is 0 Å². The average Bonchev–Trinajstić information content (AvgIpc) is 2.99. The van der Waals surface area contributed by atoms with E-state index in [0.717, 1.165) is 12.1 Å². The van der Waals surface area contributed by atoms with Gasteiger partial charge in [0.25, 0.3) is 0 Å². The Morgan fingerprint density at radius 2 is 2.35 bits per heavy atom. The van der Waals surface area contributed by atoms with Gasteiger partial charge in [0.05, 0.1) is 11.7 Å². The molecule has 0 bridgehead atoms. The quantitative estimate of drug-likeness (QED) is 0.920. The summed E-state index contributed by atoms with van der Waals surface area (Å²) in [5.74, 6) is 0. The fourth-order valence-corrected chi connectivity index (χ4v) is 2.50. The van der Waals surface area contributed by atoms with Crippen molar-refractivity contribution >= 4 is 17.4 Å². The Balaban J connectivity index is 1.82. The van der Waals surface area contributed by atoms with E-state index in [1.54, 1.807) is 29.5 Å². The molecule has 20 heavy (non-hydrogen) atoms. The molecule has 2 amide bonds. The van der Waals surface area contributed by atoms with Crippen LogP contribution in [0.3, 0.4) is 0 Å². The largest absolute Gasteiger partial charge is 0.338 e. The van der Waals surface area contributed by atoms with Gasteiger partial charge in [-0.3, -0.25) is 0 Å². The third-order valence-electron chi connectivity index (χ3n) is 3.16. The van der Waals surface area contributed by atoms with Crippen molar-refractivity contribution < 1.29 is 4.79 Å². The van der Waals surface area contributed by atoms with Gasteiger partial charge >= 0.3 is 6.03 Å². The summed E-state index contributed by atoms with van der Waals surface area (Å²) in [4.78, 5) is 23.0. The number of hydrogen-bond acceptors (Lipinski definition) is 4. The summed E-state index contributed by atoms with van der Waals surface area (Å²) in [5.41, 5.74) is 0.830. The molecule has 6 heteroatoms. The molecule has 106 valence electrons. The predicted octanol–water partition coefficient (Wildman–Crippen LogP) is 2.48. The van der Waals surface area contributed by atoms with Gasteiger partial charge in [-0.1, -0.05) is 6.07 Å². The molecular weight excluding hydrogens is 272 g/mol. The highest BCUT2D eigenvalue weighted by Gasteiger charge is 2.17. The van der Waals surface area contributed by atoms with Crippen LogP contribution in [0.5, 0.6) is 0 Å². The van der Waals surface area contributed by atoms with Crippen LogP contribution in [0.15, 0.2) is 36.1 Å². The van der Waals surface area contributed by atoms with Crippen molar-refractivity contribution in [2.75, 3.05) is 13.6 Å². The van der Waals surface area contributed by atoms with Crippen molar-refractivity contribution in [1.29, 1.82) is 0 Å². The van der Waals surface area contributed by atoms with Gasteiger partial charge in [0, 0.05) is 24.7 Å². The zero-order chi connectivity index (χ0) is 14.4. The maximum absolute atomic E-state index is 12.1. The van der Waals surface area contributed by atoms with Gasteiger partial charge in [-0.25, -0.2) is 14.8 Å². The fraction of sp³-hybridized carbons (Fsp3) is 0.357. The number of nitrogens with zero attached hydrogens (tertiary/aromatic N) is 3. The molecule has 2 rings (SSSR count). The Morgan fingerprint density at radius 1 is 1.50 bits per heavy atom. The third-order valence-corrected chi connectivity index (χ3v) is 4.10. The lowest BCUT2D eigenvalue weighted by atomic mass is 10.2. The molecule has 0 aromatic carbocycles. The number of nitrogens with one attached hydrogen (secondary N) is 1. The second-order valence-corrected chi connectivity index (χ2v) is 5.51. The molecule has 0 aliphatic rings. The lowest BCUT2D eigenvalue weighted by Crippen LogP contribution is -2.39. The van der Waals surface area contributed by atoms with Crippen molar-refractivity contribution in [2.45, 2.75) is 19.4 Å². The second-order valence-electron chi connectivity index (χ2n) is 4.48. The number of carbonyl (C=O) groups excluding carboxylic acids is 1. The molecule has 1 N–H and O–H groups in total. The molecular formula is C14H18N4OS. The van der Waals surface area contributed by atoms with Crippen molar-refractivity contribution in [1.82, 2.24) is 20.2 Å². The smallest absolute Gasteiger partial charge is 0.317 e. The first-order valence-electron chi connectivity index (χ1n) is 6.47. The number of amides is 2. The maximum Gasteiger partial charge on any atom is 0.317 e. The first-order chi connectivity index (χ1) is 9.68. The van der Waals surface area contributed by atoms with Crippen LogP contribution in [0.25, 0.3) is 0 Å². The fourth-order valence-electron chi connectivity index (χ4n) is 1.79. The van der Waals surface area contributed by atoms with Gasteiger partial charge in [0.15, 0.2) is 0 Å². The normalized spacial score (nSPS) is 11.9. The van der Waals surface area contributed by atoms with Crippen LogP contribution >= 0.6 is 11.3 Å². The van der Waals surface area contributed by atoms with E-state index in [1.165, 1.54) is 11.2 Å². The molecule has 1 atom stereocenters. The van der Waals surface area contributed by atoms with Crippen LogP contribution in [0.4, 0.5) is 4.79 Å². The lowest BCUT2D eigenvalue weighted by Gasteiger charge is -2.24. The molecule has 2 aromatic heterocycles. The van der Waals surface area contributed by atoms with Crippen LogP contribution in [0, 0.1) is 0 Å². The summed E-state index contributed by atoms with van der Waals surface area (Å²) in [5, 5.41) is 4.96. The van der Waals surface area contributed by atoms with Crippen LogP contribution < -0.4 is 5.32 Å². The minimum atomic E-state index is -0.0901. The molecule has 0 fully saturated rings. The first-order valence-corrected chi connectivity index (χ1v) is 7.35. The molecule has 5 nitrogen and oxygen atoms in total. The maximum atomic E-state index is 12.1. The molecule has 0 saturated carbocycles. The van der Waals surface area contributed by atoms with E-state index in [0.29, 0.717) is 6.54 Å². The lowest BCUT2D eigenvalue weighted by molar-refractivity contribution is 0.193. The Hall–Kier alpha value is -1.95. The summed E-state index contributed by atoms with van der Waals surface area (Å²) >= 11 is 1.70. The van der Waals surface area contributed by atoms with Gasteiger partial charge in [0.2, 0.25) is 0 Å². The first kappa shape index (κ1) is 14.5. The van der Waals surface area contributed by atoms with Crippen LogP contribution in [-0.4, -0.2) is 34.5 Å². The van der Waals surface area contributed by atoms with Crippen LogP contribution in [0.1, 0.15) is 23.5 Å². The Kier molecular flexibility index (Phi) is 5.06. The summed E-state index contributed by atoms with van der Waals surface area (Å²) < 4.78 is 0. The zero-order valence-corrected chi connectivity index (χ0v) is 12.4. The highest BCUT2D eigenvalue weighted by atomic mass is 32.1. The van der Waals surface area contributed by atoms with Gasteiger partial charge in [0.1, 0.15) is 6.33 Å². The summed E-state index contributed by atoms with van der Waals surface area (Å²) in [6.07, 6.45) is 4.04. The standard InChI is InChI=1S/C14H18N4OS/c1-11(13-6-7-15-10-17-13)18(2)14(19)16-8-5-12-4-3-9-20-12/h3-4,6-7,9-11H,5,8H2,1-2H3,(H,16,19). The van der Waals surface area contributed by atoms with E-state index in [-0.39, 0.29) is 12.1 Å². The molecule has 0 radical (unpaired) electrons. The highest BCUT2D eigenvalue weighted by molar-refractivity contribution is 7.09. The minimum Gasteiger partial charge on any atom is -0.338 e. The van der Waals surface area contributed by atoms with Crippen molar-refractivity contribution in [2.24, 2.45) is 0 Å². The number of thiophene rings is 1. The van der Waals surface area contributed by atoms with E-state index >= 15 is 0 Å². The van der Waals surface area contributed by atoms with E-state index in [1.807, 2.05) is 24.4 Å². The van der Waals surface area contributed by atoms with E-state index in [9.17, 15) is 4.79 Å². The Morgan fingerprint density at radius 3 is 3.00 bits per heavy atom. The van der Waals surface area contributed by atoms with E-state index in [2.05, 4.69) is 21.4 Å². The second kappa shape index (κ2) is 7.00. The molecule has 0 aliphatic heterocycles. The topological polar surface area (TPSA) is 58.1 Å².